The number of oxazole rings is 1. The fourth-order valence-corrected chi connectivity index (χ4v) is 3.39. The number of aryl methyl sites for hydroxylation is 1. The zero-order valence-corrected chi connectivity index (χ0v) is 15.0. The molecule has 0 fully saturated rings. The van der Waals surface area contributed by atoms with Crippen LogP contribution in [0.5, 0.6) is 0 Å². The molecule has 0 unspecified atom stereocenters. The van der Waals surface area contributed by atoms with Gasteiger partial charge < -0.3 is 9.73 Å². The van der Waals surface area contributed by atoms with Gasteiger partial charge in [0.05, 0.1) is 11.1 Å². The number of rotatable bonds is 5. The molecule has 3 rings (SSSR count). The van der Waals surface area contributed by atoms with Crippen LogP contribution in [0.15, 0.2) is 64.0 Å². The third kappa shape index (κ3) is 4.09. The first kappa shape index (κ1) is 17.7. The average molecular weight is 371 g/mol. The van der Waals surface area contributed by atoms with Gasteiger partial charge in [0.2, 0.25) is 5.91 Å². The van der Waals surface area contributed by atoms with Gasteiger partial charge in [0.25, 0.3) is 10.0 Å². The molecule has 1 aromatic heterocycles. The number of anilines is 2. The van der Waals surface area contributed by atoms with Crippen molar-refractivity contribution >= 4 is 27.3 Å². The van der Waals surface area contributed by atoms with Crippen LogP contribution in [0.3, 0.4) is 0 Å². The van der Waals surface area contributed by atoms with Gasteiger partial charge in [-0.3, -0.25) is 9.52 Å². The van der Waals surface area contributed by atoms with Crippen molar-refractivity contribution in [1.82, 2.24) is 4.98 Å². The van der Waals surface area contributed by atoms with Crippen LogP contribution in [0.2, 0.25) is 0 Å². The molecular formula is C18H17N3O4S. The Labute approximate surface area is 151 Å². The monoisotopic (exact) mass is 371 g/mol. The predicted octanol–water partition coefficient (Wildman–Crippen LogP) is 3.41. The van der Waals surface area contributed by atoms with Crippen molar-refractivity contribution in [3.63, 3.8) is 0 Å². The van der Waals surface area contributed by atoms with Gasteiger partial charge in [0, 0.05) is 30.8 Å². The second-order valence-corrected chi connectivity index (χ2v) is 7.31. The van der Waals surface area contributed by atoms with Gasteiger partial charge in [0.1, 0.15) is 0 Å². The molecule has 1 amide bonds. The summed E-state index contributed by atoms with van der Waals surface area (Å²) in [5.41, 5.74) is 1.76. The smallest absolute Gasteiger partial charge is 0.261 e. The van der Waals surface area contributed by atoms with E-state index in [1.807, 2.05) is 0 Å². The number of carbonyl (C=O) groups is 1. The Kier molecular flexibility index (Phi) is 4.77. The number of hydrogen-bond acceptors (Lipinski definition) is 5. The average Bonchev–Trinajstić information content (AvgIpc) is 3.01. The van der Waals surface area contributed by atoms with Crippen LogP contribution >= 0.6 is 0 Å². The summed E-state index contributed by atoms with van der Waals surface area (Å²) in [6, 6.07) is 12.7. The van der Waals surface area contributed by atoms with E-state index in [-0.39, 0.29) is 10.8 Å². The van der Waals surface area contributed by atoms with Crippen LogP contribution in [0.25, 0.3) is 11.3 Å². The lowest BCUT2D eigenvalue weighted by molar-refractivity contribution is -0.114. The van der Waals surface area contributed by atoms with Crippen molar-refractivity contribution in [3.8, 4) is 11.3 Å². The summed E-state index contributed by atoms with van der Waals surface area (Å²) in [5, 5.41) is 2.59. The first-order valence-electron chi connectivity index (χ1n) is 7.77. The van der Waals surface area contributed by atoms with Crippen LogP contribution in [0.4, 0.5) is 11.4 Å². The van der Waals surface area contributed by atoms with Gasteiger partial charge in [-0.25, -0.2) is 13.4 Å². The Balaban J connectivity index is 1.75. The molecule has 8 heteroatoms. The van der Waals surface area contributed by atoms with Crippen LogP contribution in [0, 0.1) is 6.92 Å². The summed E-state index contributed by atoms with van der Waals surface area (Å²) in [7, 11) is -3.73. The molecule has 0 spiro atoms. The van der Waals surface area contributed by atoms with Crippen molar-refractivity contribution in [2.75, 3.05) is 10.0 Å². The largest absolute Gasteiger partial charge is 0.441 e. The molecule has 0 radical (unpaired) electrons. The van der Waals surface area contributed by atoms with Gasteiger partial charge in [-0.15, -0.1) is 0 Å². The summed E-state index contributed by atoms with van der Waals surface area (Å²) >= 11 is 0. The molecule has 0 aliphatic heterocycles. The Hall–Kier alpha value is -3.13. The van der Waals surface area contributed by atoms with Gasteiger partial charge in [0.15, 0.2) is 11.7 Å². The highest BCUT2D eigenvalue weighted by Crippen LogP contribution is 2.24. The summed E-state index contributed by atoms with van der Waals surface area (Å²) in [5.74, 6) is 0.957. The number of nitrogens with zero attached hydrogens (tertiary/aromatic N) is 1. The molecule has 134 valence electrons. The van der Waals surface area contributed by atoms with Gasteiger partial charge in [-0.1, -0.05) is 0 Å². The Bertz CT molecular complexity index is 1020. The highest BCUT2D eigenvalue weighted by molar-refractivity contribution is 7.92. The summed E-state index contributed by atoms with van der Waals surface area (Å²) in [4.78, 5) is 15.1. The van der Waals surface area contributed by atoms with E-state index >= 15 is 0 Å². The van der Waals surface area contributed by atoms with E-state index in [4.69, 9.17) is 4.42 Å². The van der Waals surface area contributed by atoms with E-state index in [1.165, 1.54) is 31.2 Å². The van der Waals surface area contributed by atoms with E-state index < -0.39 is 10.0 Å². The maximum atomic E-state index is 12.5. The maximum absolute atomic E-state index is 12.5. The van der Waals surface area contributed by atoms with Crippen molar-refractivity contribution in [2.45, 2.75) is 18.7 Å². The van der Waals surface area contributed by atoms with Crippen LogP contribution in [-0.4, -0.2) is 19.3 Å². The Morgan fingerprint density at radius 2 is 1.62 bits per heavy atom. The van der Waals surface area contributed by atoms with E-state index in [1.54, 1.807) is 37.4 Å². The standard InChI is InChI=1S/C18H17N3O4S/c1-12(22)20-15-7-9-17(10-8-15)26(23,24)21-16-5-3-14(4-6-16)18-11-19-13(2)25-18/h3-11,21H,1-2H3,(H,20,22). The molecule has 1 heterocycles. The summed E-state index contributed by atoms with van der Waals surface area (Å²) in [6.45, 7) is 3.14. The first-order chi connectivity index (χ1) is 12.3. The lowest BCUT2D eigenvalue weighted by Gasteiger charge is -2.09. The van der Waals surface area contributed by atoms with Crippen LogP contribution in [-0.2, 0) is 14.8 Å². The normalized spacial score (nSPS) is 11.2. The first-order valence-corrected chi connectivity index (χ1v) is 9.25. The van der Waals surface area contributed by atoms with E-state index in [2.05, 4.69) is 15.0 Å². The topological polar surface area (TPSA) is 101 Å². The van der Waals surface area contributed by atoms with E-state index in [0.717, 1.165) is 5.56 Å². The Morgan fingerprint density at radius 3 is 2.15 bits per heavy atom. The molecule has 2 N–H and O–H groups in total. The zero-order valence-electron chi connectivity index (χ0n) is 14.2. The molecule has 3 aromatic rings. The second-order valence-electron chi connectivity index (χ2n) is 5.63. The quantitative estimate of drug-likeness (QED) is 0.716. The fraction of sp³-hybridized carbons (Fsp3) is 0.111. The number of benzene rings is 2. The third-order valence-electron chi connectivity index (χ3n) is 3.53. The van der Waals surface area contributed by atoms with Crippen molar-refractivity contribution in [3.05, 3.63) is 60.6 Å². The van der Waals surface area contributed by atoms with Crippen LogP contribution in [0.1, 0.15) is 12.8 Å². The van der Waals surface area contributed by atoms with Gasteiger partial charge >= 0.3 is 0 Å². The number of amides is 1. The molecule has 2 aromatic carbocycles. The number of sulfonamides is 1. The zero-order chi connectivity index (χ0) is 18.7. The van der Waals surface area contributed by atoms with Gasteiger partial charge in [-0.2, -0.15) is 0 Å². The molecule has 7 nitrogen and oxygen atoms in total. The molecule has 0 bridgehead atoms. The molecule has 0 saturated carbocycles. The van der Waals surface area contributed by atoms with Crippen molar-refractivity contribution in [1.29, 1.82) is 0 Å². The van der Waals surface area contributed by atoms with Crippen molar-refractivity contribution < 1.29 is 17.6 Å². The van der Waals surface area contributed by atoms with Crippen molar-refractivity contribution in [2.24, 2.45) is 0 Å². The van der Waals surface area contributed by atoms with E-state index in [9.17, 15) is 13.2 Å². The maximum Gasteiger partial charge on any atom is 0.261 e. The number of carbonyl (C=O) groups excluding carboxylic acids is 1. The molecule has 0 aliphatic rings. The molecule has 0 saturated heterocycles. The Morgan fingerprint density at radius 1 is 1.00 bits per heavy atom. The van der Waals surface area contributed by atoms with E-state index in [0.29, 0.717) is 23.0 Å². The molecule has 26 heavy (non-hydrogen) atoms. The minimum atomic E-state index is -3.73. The number of nitrogens with one attached hydrogen (secondary N) is 2. The van der Waals surface area contributed by atoms with Gasteiger partial charge in [-0.05, 0) is 48.5 Å². The fourth-order valence-electron chi connectivity index (χ4n) is 2.33. The highest BCUT2D eigenvalue weighted by atomic mass is 32.2. The molecular weight excluding hydrogens is 354 g/mol. The minimum absolute atomic E-state index is 0.0986. The number of aromatic nitrogens is 1. The third-order valence-corrected chi connectivity index (χ3v) is 4.93. The lowest BCUT2D eigenvalue weighted by Crippen LogP contribution is -2.13. The number of hydrogen-bond donors (Lipinski definition) is 2. The lowest BCUT2D eigenvalue weighted by atomic mass is 10.2. The predicted molar refractivity (Wildman–Crippen MR) is 98.2 cm³/mol. The SMILES string of the molecule is CC(=O)Nc1ccc(S(=O)(=O)Nc2ccc(-c3cnc(C)o3)cc2)cc1. The second kappa shape index (κ2) is 7.01. The minimum Gasteiger partial charge on any atom is -0.441 e. The molecule has 0 aliphatic carbocycles. The highest BCUT2D eigenvalue weighted by Gasteiger charge is 2.14. The molecule has 0 atom stereocenters. The summed E-state index contributed by atoms with van der Waals surface area (Å²) in [6.07, 6.45) is 1.62. The summed E-state index contributed by atoms with van der Waals surface area (Å²) < 4.78 is 32.9. The van der Waals surface area contributed by atoms with Crippen LogP contribution < -0.4 is 10.0 Å².